The maximum atomic E-state index is 13.9. The fraction of sp³-hybridized carbons (Fsp3) is 0.600. The number of nitrogens with one attached hydrogen (secondary N) is 1. The Kier molecular flexibility index (Phi) is 7.14. The van der Waals surface area contributed by atoms with Crippen molar-refractivity contribution in [3.63, 3.8) is 0 Å². The van der Waals surface area contributed by atoms with Gasteiger partial charge in [-0.05, 0) is 19.4 Å². The molecule has 18 heteroatoms. The van der Waals surface area contributed by atoms with Crippen LogP contribution in [-0.4, -0.2) is 54.8 Å². The Balaban J connectivity index is 3.52. The molecule has 4 nitrogen and oxygen atoms in total. The number of carbonyl (C=O) groups excluding carboxylic acids is 2. The molecular weight excluding hydrogens is 521 g/mol. The number of rotatable bonds is 7. The molecule has 0 unspecified atom stereocenters. The lowest BCUT2D eigenvalue weighted by Crippen LogP contribution is -2.71. The summed E-state index contributed by atoms with van der Waals surface area (Å²) in [4.78, 5) is 23.4. The van der Waals surface area contributed by atoms with Crippen LogP contribution in [-0.2, 0) is 9.53 Å². The lowest BCUT2D eigenvalue weighted by molar-refractivity contribution is -0.435. The second-order valence-corrected chi connectivity index (χ2v) is 7.53. The zero-order chi connectivity index (χ0) is 26.6. The fourth-order valence-electron chi connectivity index (χ4n) is 2.16. The zero-order valence-electron chi connectivity index (χ0n) is 16.0. The van der Waals surface area contributed by atoms with Crippen molar-refractivity contribution in [2.75, 3.05) is 12.4 Å². The highest BCUT2D eigenvalue weighted by molar-refractivity contribution is 7.16. The number of aryl methyl sites for hydroxylation is 1. The molecule has 33 heavy (non-hydrogen) atoms. The zero-order valence-corrected chi connectivity index (χ0v) is 16.9. The van der Waals surface area contributed by atoms with Crippen LogP contribution in [0.1, 0.15) is 20.8 Å². The molecule has 1 N–H and O–H groups in total. The summed E-state index contributed by atoms with van der Waals surface area (Å²) in [6, 6.07) is 0. The first-order chi connectivity index (χ1) is 14.4. The topological polar surface area (TPSA) is 55.4 Å². The van der Waals surface area contributed by atoms with E-state index in [0.29, 0.717) is 0 Å². The molecule has 0 atom stereocenters. The van der Waals surface area contributed by atoms with Crippen LogP contribution in [0.2, 0.25) is 0 Å². The third-order valence-electron chi connectivity index (χ3n) is 4.22. The van der Waals surface area contributed by atoms with Gasteiger partial charge in [-0.1, -0.05) is 0 Å². The Labute approximate surface area is 178 Å². The highest BCUT2D eigenvalue weighted by atomic mass is 32.1. The number of thiophene rings is 1. The maximum absolute atomic E-state index is 13.9. The minimum Gasteiger partial charge on any atom is -0.465 e. The number of ether oxygens (including phenoxy) is 1. The summed E-state index contributed by atoms with van der Waals surface area (Å²) in [5.74, 6) is -43.8. The lowest BCUT2D eigenvalue weighted by Gasteiger charge is -2.39. The molecule has 0 saturated carbocycles. The van der Waals surface area contributed by atoms with Gasteiger partial charge in [0, 0.05) is 4.88 Å². The van der Waals surface area contributed by atoms with Gasteiger partial charge < -0.3 is 10.1 Å². The van der Waals surface area contributed by atoms with E-state index in [1.807, 2.05) is 0 Å². The number of hydrogen-bond acceptors (Lipinski definition) is 4. The molecule has 0 radical (unpaired) electrons. The van der Waals surface area contributed by atoms with Crippen LogP contribution in [0.3, 0.4) is 0 Å². The van der Waals surface area contributed by atoms with E-state index < -0.39 is 58.2 Å². The molecule has 0 fully saturated rings. The number of carbonyl (C=O) groups is 2. The van der Waals surface area contributed by atoms with Gasteiger partial charge in [-0.3, -0.25) is 4.79 Å². The molecule has 1 rings (SSSR count). The maximum Gasteiger partial charge on any atom is 0.460 e. The Hall–Kier alpha value is -2.27. The van der Waals surface area contributed by atoms with Crippen molar-refractivity contribution >= 4 is 28.2 Å². The SMILES string of the molecule is COC(=O)c1c(NC(=O)C(F)(F)C(F)(F)C(F)(F)C(F)(F)C(F)(F)C(F)(F)F)sc(C)c1C. The van der Waals surface area contributed by atoms with Gasteiger partial charge in [0.15, 0.2) is 0 Å². The first-order valence-electron chi connectivity index (χ1n) is 7.89. The molecule has 0 saturated heterocycles. The average Bonchev–Trinajstić information content (AvgIpc) is 2.92. The van der Waals surface area contributed by atoms with Gasteiger partial charge >= 0.3 is 47.7 Å². The van der Waals surface area contributed by atoms with Gasteiger partial charge in [0.05, 0.1) is 12.7 Å². The van der Waals surface area contributed by atoms with E-state index in [0.717, 1.165) is 19.4 Å². The van der Waals surface area contributed by atoms with E-state index in [2.05, 4.69) is 4.74 Å². The molecule has 0 aliphatic rings. The third kappa shape index (κ3) is 4.09. The van der Waals surface area contributed by atoms with Crippen molar-refractivity contribution in [3.05, 3.63) is 16.0 Å². The summed E-state index contributed by atoms with van der Waals surface area (Å²) >= 11 is 0.245. The van der Waals surface area contributed by atoms with Crippen molar-refractivity contribution < 1.29 is 71.4 Å². The minimum absolute atomic E-state index is 0.0705. The van der Waals surface area contributed by atoms with Crippen LogP contribution >= 0.6 is 11.3 Å². The van der Waals surface area contributed by atoms with Crippen molar-refractivity contribution in [3.8, 4) is 0 Å². The number of methoxy groups -OCH3 is 1. The van der Waals surface area contributed by atoms with E-state index in [1.165, 1.54) is 6.92 Å². The van der Waals surface area contributed by atoms with Crippen LogP contribution in [0, 0.1) is 13.8 Å². The molecule has 1 amide bonds. The molecule has 0 aliphatic heterocycles. The van der Waals surface area contributed by atoms with Crippen molar-refractivity contribution in [1.29, 1.82) is 0 Å². The highest BCUT2D eigenvalue weighted by Crippen LogP contribution is 2.60. The quantitative estimate of drug-likeness (QED) is 0.356. The number of esters is 1. The van der Waals surface area contributed by atoms with Crippen LogP contribution in [0.4, 0.5) is 62.1 Å². The van der Waals surface area contributed by atoms with E-state index >= 15 is 0 Å². The normalized spacial score (nSPS) is 14.3. The second kappa shape index (κ2) is 8.19. The standard InChI is InChI=1S/C15H10F13NO3S/c1-4-5(2)33-7(6(4)8(30)32-3)29-9(31)10(16,17)11(18,19)12(20,21)13(22,23)14(24,25)15(26,27)28/h1-3H3,(H,29,31). The molecule has 1 aromatic heterocycles. The van der Waals surface area contributed by atoms with Gasteiger partial charge in [0.2, 0.25) is 0 Å². The molecule has 1 aromatic rings. The summed E-state index contributed by atoms with van der Waals surface area (Å²) in [7, 11) is 0.757. The third-order valence-corrected chi connectivity index (χ3v) is 5.34. The lowest BCUT2D eigenvalue weighted by atomic mass is 9.93. The molecule has 190 valence electrons. The first-order valence-corrected chi connectivity index (χ1v) is 8.70. The average molecular weight is 531 g/mol. The van der Waals surface area contributed by atoms with E-state index in [9.17, 15) is 66.7 Å². The number of halogens is 13. The van der Waals surface area contributed by atoms with Gasteiger partial charge in [0.25, 0.3) is 0 Å². The molecule has 1 heterocycles. The molecule has 0 bridgehead atoms. The monoisotopic (exact) mass is 531 g/mol. The second-order valence-electron chi connectivity index (χ2n) is 6.30. The Morgan fingerprint density at radius 1 is 0.758 bits per heavy atom. The van der Waals surface area contributed by atoms with E-state index in [-0.39, 0.29) is 21.8 Å². The van der Waals surface area contributed by atoms with Crippen LogP contribution in [0.5, 0.6) is 0 Å². The van der Waals surface area contributed by atoms with Crippen molar-refractivity contribution in [2.24, 2.45) is 0 Å². The summed E-state index contributed by atoms with van der Waals surface area (Å²) in [5.41, 5.74) is -0.799. The summed E-state index contributed by atoms with van der Waals surface area (Å²) in [6.07, 6.45) is -7.56. The predicted molar refractivity (Wildman–Crippen MR) is 84.6 cm³/mol. The van der Waals surface area contributed by atoms with E-state index in [4.69, 9.17) is 0 Å². The molecule has 0 spiro atoms. The van der Waals surface area contributed by atoms with Crippen molar-refractivity contribution in [1.82, 2.24) is 0 Å². The fourth-order valence-corrected chi connectivity index (χ4v) is 3.20. The van der Waals surface area contributed by atoms with Crippen LogP contribution < -0.4 is 5.32 Å². The Morgan fingerprint density at radius 2 is 1.18 bits per heavy atom. The smallest absolute Gasteiger partial charge is 0.460 e. The Bertz CT molecular complexity index is 936. The first kappa shape index (κ1) is 28.8. The minimum atomic E-state index is -8.13. The molecular formula is C15H10F13NO3S. The van der Waals surface area contributed by atoms with Crippen LogP contribution in [0.25, 0.3) is 0 Å². The number of amides is 1. The molecule has 0 aliphatic carbocycles. The number of hydrogen-bond donors (Lipinski definition) is 1. The summed E-state index contributed by atoms with van der Waals surface area (Å²) < 4.78 is 175. The largest absolute Gasteiger partial charge is 0.465 e. The number of anilines is 1. The Morgan fingerprint density at radius 3 is 1.58 bits per heavy atom. The van der Waals surface area contributed by atoms with Crippen molar-refractivity contribution in [2.45, 2.75) is 49.6 Å². The summed E-state index contributed by atoms with van der Waals surface area (Å²) in [5, 5.41) is -0.119. The van der Waals surface area contributed by atoms with Gasteiger partial charge in [-0.15, -0.1) is 11.3 Å². The summed E-state index contributed by atoms with van der Waals surface area (Å²) in [6.45, 7) is 2.36. The molecule has 0 aromatic carbocycles. The highest BCUT2D eigenvalue weighted by Gasteiger charge is 2.91. The van der Waals surface area contributed by atoms with Gasteiger partial charge in [-0.2, -0.15) is 57.1 Å². The van der Waals surface area contributed by atoms with Gasteiger partial charge in [-0.25, -0.2) is 4.79 Å². The predicted octanol–water partition coefficient (Wildman–Crippen LogP) is 5.83. The number of alkyl halides is 13. The van der Waals surface area contributed by atoms with Gasteiger partial charge in [0.1, 0.15) is 5.00 Å². The van der Waals surface area contributed by atoms with E-state index in [1.54, 1.807) is 0 Å². The van der Waals surface area contributed by atoms with Crippen LogP contribution in [0.15, 0.2) is 0 Å².